The third-order valence-corrected chi connectivity index (χ3v) is 2.93. The molecule has 1 aromatic rings. The lowest BCUT2D eigenvalue weighted by atomic mass is 9.92. The van der Waals surface area contributed by atoms with E-state index in [4.69, 9.17) is 16.3 Å². The van der Waals surface area contributed by atoms with Crippen molar-refractivity contribution in [2.75, 3.05) is 13.7 Å². The zero-order valence-electron chi connectivity index (χ0n) is 8.38. The van der Waals surface area contributed by atoms with Gasteiger partial charge < -0.3 is 10.1 Å². The van der Waals surface area contributed by atoms with E-state index in [9.17, 15) is 0 Å². The van der Waals surface area contributed by atoms with Crippen molar-refractivity contribution in [2.45, 2.75) is 13.0 Å². The number of ether oxygens (including phenoxy) is 1. The molecule has 76 valence electrons. The Hall–Kier alpha value is -0.730. The van der Waals surface area contributed by atoms with Crippen LogP contribution in [0.3, 0.4) is 0 Å². The van der Waals surface area contributed by atoms with Gasteiger partial charge in [-0.1, -0.05) is 24.6 Å². The number of nitrogens with one attached hydrogen (secondary N) is 1. The average molecular weight is 212 g/mol. The summed E-state index contributed by atoms with van der Waals surface area (Å²) in [6.07, 6.45) is 0. The fourth-order valence-corrected chi connectivity index (χ4v) is 2.12. The molecule has 0 amide bonds. The molecule has 0 fully saturated rings. The van der Waals surface area contributed by atoms with E-state index < -0.39 is 0 Å². The highest BCUT2D eigenvalue weighted by molar-refractivity contribution is 6.30. The normalized spacial score (nSPS) is 25.4. The first-order valence-electron chi connectivity index (χ1n) is 4.82. The first-order valence-corrected chi connectivity index (χ1v) is 5.19. The Morgan fingerprint density at radius 2 is 2.29 bits per heavy atom. The maximum atomic E-state index is 5.90. The molecule has 2 nitrogen and oxygen atoms in total. The molecule has 14 heavy (non-hydrogen) atoms. The molecule has 0 bridgehead atoms. The highest BCUT2D eigenvalue weighted by Gasteiger charge is 2.26. The topological polar surface area (TPSA) is 21.3 Å². The second kappa shape index (κ2) is 3.79. The molecule has 1 aromatic carbocycles. The van der Waals surface area contributed by atoms with Crippen LogP contribution in [0.5, 0.6) is 5.75 Å². The minimum Gasteiger partial charge on any atom is -0.493 e. The number of hydrogen-bond acceptors (Lipinski definition) is 2. The molecule has 0 saturated heterocycles. The van der Waals surface area contributed by atoms with Crippen LogP contribution in [-0.2, 0) is 0 Å². The first kappa shape index (κ1) is 9.81. The van der Waals surface area contributed by atoms with Crippen LogP contribution in [0.2, 0.25) is 5.02 Å². The van der Waals surface area contributed by atoms with Crippen molar-refractivity contribution in [2.24, 2.45) is 5.92 Å². The predicted octanol–water partition coefficient (Wildman–Crippen LogP) is 2.63. The summed E-state index contributed by atoms with van der Waals surface area (Å²) in [4.78, 5) is 0. The van der Waals surface area contributed by atoms with Crippen molar-refractivity contribution in [3.8, 4) is 5.75 Å². The van der Waals surface area contributed by atoms with Gasteiger partial charge in [0.2, 0.25) is 0 Å². The van der Waals surface area contributed by atoms with Crippen LogP contribution in [0.1, 0.15) is 18.5 Å². The highest BCUT2D eigenvalue weighted by atomic mass is 35.5. The summed E-state index contributed by atoms with van der Waals surface area (Å²) >= 11 is 5.90. The van der Waals surface area contributed by atoms with Crippen molar-refractivity contribution < 1.29 is 4.74 Å². The van der Waals surface area contributed by atoms with E-state index >= 15 is 0 Å². The highest BCUT2D eigenvalue weighted by Crippen LogP contribution is 2.36. The summed E-state index contributed by atoms with van der Waals surface area (Å²) in [7, 11) is 1.98. The van der Waals surface area contributed by atoms with Gasteiger partial charge in [-0.05, 0) is 19.2 Å². The fourth-order valence-electron chi connectivity index (χ4n) is 1.95. The number of fused-ring (bicyclic) bond motifs is 1. The standard InChI is InChI=1S/C11H14ClNO/c1-7-6-14-10-5-8(12)3-4-9(10)11(7)13-2/h3-5,7,11,13H,6H2,1-2H3. The van der Waals surface area contributed by atoms with Crippen molar-refractivity contribution in [3.63, 3.8) is 0 Å². The quantitative estimate of drug-likeness (QED) is 0.771. The molecule has 0 aliphatic carbocycles. The van der Waals surface area contributed by atoms with E-state index in [1.54, 1.807) is 0 Å². The smallest absolute Gasteiger partial charge is 0.125 e. The van der Waals surface area contributed by atoms with Crippen molar-refractivity contribution >= 4 is 11.6 Å². The Morgan fingerprint density at radius 1 is 1.50 bits per heavy atom. The minimum atomic E-state index is 0.371. The maximum Gasteiger partial charge on any atom is 0.125 e. The number of benzene rings is 1. The zero-order chi connectivity index (χ0) is 10.1. The van der Waals surface area contributed by atoms with Gasteiger partial charge in [0, 0.05) is 22.5 Å². The number of halogens is 1. The van der Waals surface area contributed by atoms with Gasteiger partial charge in [0.25, 0.3) is 0 Å². The Kier molecular flexibility index (Phi) is 2.66. The van der Waals surface area contributed by atoms with E-state index in [1.165, 1.54) is 5.56 Å². The lowest BCUT2D eigenvalue weighted by molar-refractivity contribution is 0.193. The Bertz CT molecular complexity index is 340. The molecule has 1 aliphatic rings. The zero-order valence-corrected chi connectivity index (χ0v) is 9.14. The molecule has 2 rings (SSSR count). The molecule has 1 aliphatic heterocycles. The van der Waals surface area contributed by atoms with Crippen LogP contribution >= 0.6 is 11.6 Å². The first-order chi connectivity index (χ1) is 6.72. The number of rotatable bonds is 1. The molecule has 0 saturated carbocycles. The predicted molar refractivity (Wildman–Crippen MR) is 57.9 cm³/mol. The Labute approximate surface area is 89.2 Å². The molecule has 2 atom stereocenters. The van der Waals surface area contributed by atoms with Crippen molar-refractivity contribution in [1.82, 2.24) is 5.32 Å². The second-order valence-corrected chi connectivity index (χ2v) is 4.17. The van der Waals surface area contributed by atoms with Crippen LogP contribution in [-0.4, -0.2) is 13.7 Å². The third kappa shape index (κ3) is 1.60. The summed E-state index contributed by atoms with van der Waals surface area (Å²) in [6.45, 7) is 2.93. The minimum absolute atomic E-state index is 0.371. The lowest BCUT2D eigenvalue weighted by Gasteiger charge is -2.31. The second-order valence-electron chi connectivity index (χ2n) is 3.74. The van der Waals surface area contributed by atoms with E-state index in [2.05, 4.69) is 12.2 Å². The van der Waals surface area contributed by atoms with Gasteiger partial charge in [-0.3, -0.25) is 0 Å². The molecule has 1 heterocycles. The SMILES string of the molecule is CNC1c2ccc(Cl)cc2OCC1C. The number of hydrogen-bond donors (Lipinski definition) is 1. The summed E-state index contributed by atoms with van der Waals surface area (Å²) in [5, 5.41) is 4.04. The van der Waals surface area contributed by atoms with Crippen LogP contribution in [0.4, 0.5) is 0 Å². The third-order valence-electron chi connectivity index (χ3n) is 2.69. The molecule has 0 spiro atoms. The van der Waals surface area contributed by atoms with Crippen LogP contribution in [0.15, 0.2) is 18.2 Å². The van der Waals surface area contributed by atoms with Gasteiger partial charge in [0.1, 0.15) is 5.75 Å². The van der Waals surface area contributed by atoms with E-state index in [0.717, 1.165) is 17.4 Å². The van der Waals surface area contributed by atoms with Gasteiger partial charge in [-0.15, -0.1) is 0 Å². The van der Waals surface area contributed by atoms with Crippen molar-refractivity contribution in [1.29, 1.82) is 0 Å². The Morgan fingerprint density at radius 3 is 3.00 bits per heavy atom. The summed E-state index contributed by atoms with van der Waals surface area (Å²) < 4.78 is 5.62. The van der Waals surface area contributed by atoms with E-state index in [-0.39, 0.29) is 0 Å². The summed E-state index contributed by atoms with van der Waals surface area (Å²) in [5.74, 6) is 1.41. The lowest BCUT2D eigenvalue weighted by Crippen LogP contribution is -2.31. The Balaban J connectivity index is 2.41. The van der Waals surface area contributed by atoms with Crippen molar-refractivity contribution in [3.05, 3.63) is 28.8 Å². The van der Waals surface area contributed by atoms with Crippen LogP contribution < -0.4 is 10.1 Å². The molecular formula is C11H14ClNO. The fraction of sp³-hybridized carbons (Fsp3) is 0.455. The molecule has 0 radical (unpaired) electrons. The van der Waals surface area contributed by atoms with Gasteiger partial charge in [0.05, 0.1) is 6.61 Å². The molecule has 1 N–H and O–H groups in total. The summed E-state index contributed by atoms with van der Waals surface area (Å²) in [6, 6.07) is 6.20. The van der Waals surface area contributed by atoms with Gasteiger partial charge >= 0.3 is 0 Å². The molecule has 3 heteroatoms. The average Bonchev–Trinajstić information content (AvgIpc) is 2.18. The van der Waals surface area contributed by atoms with E-state index in [1.807, 2.05) is 25.2 Å². The van der Waals surface area contributed by atoms with Gasteiger partial charge in [-0.2, -0.15) is 0 Å². The molecule has 0 aromatic heterocycles. The monoisotopic (exact) mass is 211 g/mol. The van der Waals surface area contributed by atoms with Crippen LogP contribution in [0.25, 0.3) is 0 Å². The van der Waals surface area contributed by atoms with Crippen LogP contribution in [0, 0.1) is 5.92 Å². The van der Waals surface area contributed by atoms with Gasteiger partial charge in [-0.25, -0.2) is 0 Å². The van der Waals surface area contributed by atoms with Gasteiger partial charge in [0.15, 0.2) is 0 Å². The maximum absolute atomic E-state index is 5.90. The molecular weight excluding hydrogens is 198 g/mol. The van der Waals surface area contributed by atoms with E-state index in [0.29, 0.717) is 12.0 Å². The molecule has 2 unspecified atom stereocenters. The summed E-state index contributed by atoms with van der Waals surface area (Å²) in [5.41, 5.74) is 1.20. The largest absolute Gasteiger partial charge is 0.493 e.